The van der Waals surface area contributed by atoms with Crippen LogP contribution >= 0.6 is 38.5 Å². The molecule has 112 valence electrons. The fraction of sp³-hybridized carbons (Fsp3) is 0.267. The van der Waals surface area contributed by atoms with Crippen LogP contribution in [0.3, 0.4) is 0 Å². The van der Waals surface area contributed by atoms with Gasteiger partial charge in [-0.3, -0.25) is 0 Å². The van der Waals surface area contributed by atoms with Crippen LogP contribution in [0, 0.1) is 15.0 Å². The van der Waals surface area contributed by atoms with Crippen molar-refractivity contribution in [2.75, 3.05) is 12.4 Å². The zero-order valence-electron chi connectivity index (χ0n) is 11.7. The smallest absolute Gasteiger partial charge is 0.252 e. The predicted octanol–water partition coefficient (Wildman–Crippen LogP) is 3.82. The lowest BCUT2D eigenvalue weighted by Gasteiger charge is -2.16. The number of hydrogen-bond donors (Lipinski definition) is 1. The molecule has 0 radical (unpaired) electrons. The van der Waals surface area contributed by atoms with Gasteiger partial charge >= 0.3 is 0 Å². The Morgan fingerprint density at radius 2 is 2.27 bits per heavy atom. The van der Waals surface area contributed by atoms with Gasteiger partial charge in [0.15, 0.2) is 5.82 Å². The summed E-state index contributed by atoms with van der Waals surface area (Å²) in [6.45, 7) is 0. The first-order valence-electron chi connectivity index (χ1n) is 6.69. The van der Waals surface area contributed by atoms with Crippen molar-refractivity contribution in [2.24, 2.45) is 0 Å². The number of aromatic nitrogens is 2. The molecule has 0 unspecified atom stereocenters. The van der Waals surface area contributed by atoms with E-state index in [1.807, 2.05) is 12.1 Å². The zero-order valence-corrected chi connectivity index (χ0v) is 15.5. The lowest BCUT2D eigenvalue weighted by Crippen LogP contribution is -2.12. The first kappa shape index (κ1) is 15.5. The Morgan fingerprint density at radius 1 is 1.45 bits per heavy atom. The number of nitrogens with zero attached hydrogens (tertiary/aromatic N) is 3. The summed E-state index contributed by atoms with van der Waals surface area (Å²) in [4.78, 5) is 8.63. The minimum Gasteiger partial charge on any atom is -0.479 e. The fourth-order valence-electron chi connectivity index (χ4n) is 2.63. The van der Waals surface area contributed by atoms with Crippen molar-refractivity contribution in [1.82, 2.24) is 9.97 Å². The average molecular weight is 471 g/mol. The fourth-order valence-corrected chi connectivity index (χ4v) is 3.73. The summed E-state index contributed by atoms with van der Waals surface area (Å²) in [5.74, 6) is 0.896. The van der Waals surface area contributed by atoms with Crippen molar-refractivity contribution >= 4 is 44.3 Å². The highest BCUT2D eigenvalue weighted by Crippen LogP contribution is 2.38. The number of anilines is 1. The van der Waals surface area contributed by atoms with E-state index in [0.717, 1.165) is 17.3 Å². The Balaban J connectivity index is 1.93. The number of methoxy groups -OCH3 is 1. The second-order valence-corrected chi connectivity index (χ2v) is 6.75. The molecule has 3 rings (SSSR count). The van der Waals surface area contributed by atoms with Crippen LogP contribution in [0.25, 0.3) is 0 Å². The highest BCUT2D eigenvalue weighted by Gasteiger charge is 2.25. The molecular weight excluding hydrogens is 459 g/mol. The first-order chi connectivity index (χ1) is 10.6. The lowest BCUT2D eigenvalue weighted by atomic mass is 10.1. The van der Waals surface area contributed by atoms with E-state index < -0.39 is 0 Å². The lowest BCUT2D eigenvalue weighted by molar-refractivity contribution is 0.394. The minimum absolute atomic E-state index is 0.188. The van der Waals surface area contributed by atoms with Gasteiger partial charge in [-0.2, -0.15) is 10.2 Å². The number of ether oxygens (including phenoxy) is 1. The Kier molecular flexibility index (Phi) is 4.49. The van der Waals surface area contributed by atoms with Crippen LogP contribution in [-0.4, -0.2) is 17.1 Å². The van der Waals surface area contributed by atoms with Crippen LogP contribution in [0.1, 0.15) is 29.3 Å². The minimum atomic E-state index is 0.188. The van der Waals surface area contributed by atoms with Gasteiger partial charge in [-0.15, -0.1) is 0 Å². The van der Waals surface area contributed by atoms with Crippen molar-refractivity contribution in [3.05, 3.63) is 43.2 Å². The highest BCUT2D eigenvalue weighted by molar-refractivity contribution is 14.1. The Hall–Kier alpha value is -1.40. The summed E-state index contributed by atoms with van der Waals surface area (Å²) in [5, 5.41) is 12.5. The monoisotopic (exact) mass is 470 g/mol. The van der Waals surface area contributed by atoms with Gasteiger partial charge in [-0.1, -0.05) is 28.1 Å². The molecule has 0 aliphatic heterocycles. The molecule has 5 nitrogen and oxygen atoms in total. The van der Waals surface area contributed by atoms with Crippen LogP contribution in [0.5, 0.6) is 5.88 Å². The normalized spacial score (nSPS) is 16.0. The molecule has 1 aromatic heterocycles. The molecular formula is C15H12BrIN4O. The molecule has 1 aromatic carbocycles. The largest absolute Gasteiger partial charge is 0.479 e. The number of nitriles is 1. The van der Waals surface area contributed by atoms with E-state index in [-0.39, 0.29) is 17.6 Å². The third kappa shape index (κ3) is 2.77. The first-order valence-corrected chi connectivity index (χ1v) is 8.56. The Morgan fingerprint density at radius 3 is 3.00 bits per heavy atom. The summed E-state index contributed by atoms with van der Waals surface area (Å²) in [6.07, 6.45) is 2.02. The number of halogens is 2. The second-order valence-electron chi connectivity index (χ2n) is 4.88. The van der Waals surface area contributed by atoms with Crippen molar-refractivity contribution in [3.8, 4) is 11.9 Å². The Labute approximate surface area is 150 Å². The summed E-state index contributed by atoms with van der Waals surface area (Å²) < 4.78 is 6.95. The topological polar surface area (TPSA) is 70.8 Å². The molecule has 1 N–H and O–H groups in total. The number of rotatable bonds is 3. The standard InChI is InChI=1S/C15H12BrIN4O/c1-22-15-12(7-18)19-13(17)14(21-15)20-11-6-5-8-9(11)3-2-4-10(8)16/h2-4,11H,5-6H2,1H3,(H,20,21)/t11-/m0/s1. The molecule has 2 aromatic rings. The van der Waals surface area contributed by atoms with Crippen molar-refractivity contribution in [3.63, 3.8) is 0 Å². The number of nitrogens with one attached hydrogen (secondary N) is 1. The summed E-state index contributed by atoms with van der Waals surface area (Å²) in [7, 11) is 1.49. The van der Waals surface area contributed by atoms with E-state index >= 15 is 0 Å². The number of benzene rings is 1. The maximum Gasteiger partial charge on any atom is 0.252 e. The van der Waals surface area contributed by atoms with Crippen molar-refractivity contribution < 1.29 is 4.74 Å². The average Bonchev–Trinajstić information content (AvgIpc) is 2.93. The molecule has 0 saturated carbocycles. The van der Waals surface area contributed by atoms with Gasteiger partial charge in [0, 0.05) is 4.47 Å². The van der Waals surface area contributed by atoms with Crippen molar-refractivity contribution in [2.45, 2.75) is 18.9 Å². The molecule has 1 atom stereocenters. The maximum atomic E-state index is 9.05. The molecule has 1 heterocycles. The Bertz CT molecular complexity index is 775. The van der Waals surface area contributed by atoms with Gasteiger partial charge in [0.05, 0.1) is 13.2 Å². The van der Waals surface area contributed by atoms with E-state index in [1.165, 1.54) is 18.2 Å². The van der Waals surface area contributed by atoms with E-state index in [9.17, 15) is 0 Å². The van der Waals surface area contributed by atoms with E-state index in [4.69, 9.17) is 10.00 Å². The van der Waals surface area contributed by atoms with Gasteiger partial charge in [0.2, 0.25) is 5.69 Å². The van der Waals surface area contributed by atoms with Crippen LogP contribution in [0.4, 0.5) is 5.82 Å². The van der Waals surface area contributed by atoms with Gasteiger partial charge in [0.1, 0.15) is 9.77 Å². The van der Waals surface area contributed by atoms with Crippen LogP contribution < -0.4 is 10.1 Å². The maximum absolute atomic E-state index is 9.05. The predicted molar refractivity (Wildman–Crippen MR) is 94.8 cm³/mol. The molecule has 1 aliphatic rings. The molecule has 0 amide bonds. The molecule has 0 saturated heterocycles. The summed E-state index contributed by atoms with van der Waals surface area (Å²) in [6, 6.07) is 8.42. The second kappa shape index (κ2) is 6.38. The number of hydrogen-bond acceptors (Lipinski definition) is 5. The van der Waals surface area contributed by atoms with E-state index in [2.05, 4.69) is 65.9 Å². The third-order valence-electron chi connectivity index (χ3n) is 3.65. The molecule has 0 bridgehead atoms. The number of fused-ring (bicyclic) bond motifs is 1. The quantitative estimate of drug-likeness (QED) is 0.690. The zero-order chi connectivity index (χ0) is 15.7. The molecule has 1 aliphatic carbocycles. The van der Waals surface area contributed by atoms with E-state index in [1.54, 1.807) is 0 Å². The SMILES string of the molecule is COc1nc(N[C@H]2CCc3c(Br)cccc32)c(I)nc1C#N. The van der Waals surface area contributed by atoms with Gasteiger partial charge < -0.3 is 10.1 Å². The molecule has 22 heavy (non-hydrogen) atoms. The van der Waals surface area contributed by atoms with Crippen LogP contribution in [-0.2, 0) is 6.42 Å². The molecule has 7 heteroatoms. The van der Waals surface area contributed by atoms with Gasteiger partial charge in [-0.25, -0.2) is 4.98 Å². The van der Waals surface area contributed by atoms with Crippen molar-refractivity contribution in [1.29, 1.82) is 5.26 Å². The van der Waals surface area contributed by atoms with Crippen LogP contribution in [0.2, 0.25) is 0 Å². The summed E-state index contributed by atoms with van der Waals surface area (Å²) >= 11 is 5.69. The van der Waals surface area contributed by atoms with Gasteiger partial charge in [-0.05, 0) is 52.6 Å². The van der Waals surface area contributed by atoms with E-state index in [0.29, 0.717) is 9.52 Å². The third-order valence-corrected chi connectivity index (χ3v) is 5.14. The highest BCUT2D eigenvalue weighted by atomic mass is 127. The van der Waals surface area contributed by atoms with Gasteiger partial charge in [0.25, 0.3) is 5.88 Å². The molecule has 0 fully saturated rings. The van der Waals surface area contributed by atoms with Crippen LogP contribution in [0.15, 0.2) is 22.7 Å². The summed E-state index contributed by atoms with van der Waals surface area (Å²) in [5.41, 5.74) is 2.81. The molecule has 0 spiro atoms.